The van der Waals surface area contributed by atoms with Gasteiger partial charge in [-0.05, 0) is 97.2 Å². The van der Waals surface area contributed by atoms with Gasteiger partial charge >= 0.3 is 5.97 Å². The minimum atomic E-state index is -0.421. The summed E-state index contributed by atoms with van der Waals surface area (Å²) in [6, 6.07) is 0. The van der Waals surface area contributed by atoms with Crippen LogP contribution in [-0.2, 0) is 21.4 Å². The number of aromatic nitrogens is 1. The molecule has 5 aliphatic carbocycles. The lowest BCUT2D eigenvalue weighted by molar-refractivity contribution is -0.212. The number of carbonyl (C=O) groups is 1. The minimum Gasteiger partial charge on any atom is -0.469 e. The third-order valence-electron chi connectivity index (χ3n) is 13.6. The number of methoxy groups -OCH3 is 1. The van der Waals surface area contributed by atoms with Gasteiger partial charge in [-0.25, -0.2) is 0 Å². The van der Waals surface area contributed by atoms with Crippen molar-refractivity contribution in [1.29, 1.82) is 5.41 Å². The van der Waals surface area contributed by atoms with E-state index in [1.807, 2.05) is 6.20 Å². The van der Waals surface area contributed by atoms with Crippen molar-refractivity contribution >= 4 is 11.7 Å². The Hall–Kier alpha value is -1.65. The highest BCUT2D eigenvalue weighted by Gasteiger charge is 2.72. The monoisotopic (exact) mass is 508 g/mol. The van der Waals surface area contributed by atoms with Crippen LogP contribution in [0.1, 0.15) is 111 Å². The molecule has 0 amide bonds. The summed E-state index contributed by atoms with van der Waals surface area (Å²) >= 11 is 0. The zero-order chi connectivity index (χ0) is 26.8. The van der Waals surface area contributed by atoms with Crippen molar-refractivity contribution in [2.45, 2.75) is 112 Å². The van der Waals surface area contributed by atoms with Crippen LogP contribution in [0.15, 0.2) is 10.7 Å². The van der Waals surface area contributed by atoms with Gasteiger partial charge in [0.2, 0.25) is 0 Å². The molecule has 0 aromatic carbocycles. The molecule has 204 valence electrons. The molecule has 4 fully saturated rings. The van der Waals surface area contributed by atoms with Crippen molar-refractivity contribution in [2.75, 3.05) is 7.11 Å². The maximum absolute atomic E-state index is 13.5. The van der Waals surface area contributed by atoms with Gasteiger partial charge in [-0.2, -0.15) is 0 Å². The molecule has 1 aromatic rings. The fraction of sp³-hybridized carbons (Fsp3) is 0.844. The highest BCUT2D eigenvalue weighted by Crippen LogP contribution is 2.76. The molecule has 37 heavy (non-hydrogen) atoms. The summed E-state index contributed by atoms with van der Waals surface area (Å²) in [5, 5.41) is 13.9. The average molecular weight is 509 g/mol. The number of hydrogen-bond acceptors (Lipinski definition) is 5. The number of rotatable bonds is 1. The Morgan fingerprint density at radius 1 is 1.00 bits per heavy atom. The summed E-state index contributed by atoms with van der Waals surface area (Å²) in [5.74, 6) is 2.38. The van der Waals surface area contributed by atoms with E-state index in [4.69, 9.17) is 9.26 Å². The Morgan fingerprint density at radius 2 is 1.70 bits per heavy atom. The standard InChI is InChI=1S/C32H48N2O3/c1-27(2)11-13-32(26(35)36-8)14-12-31(7)24(20(32)17-27)21(33)15-23-29(5)16-19-18-34-37-25(19)28(3,4)22(29)9-10-30(23,31)6/h18,20,22-24,33H,9-17H2,1-8H3/t20-,22-,23+,24-,29-,30+,31+,32-/m0/s1. The molecule has 1 N–H and O–H groups in total. The Morgan fingerprint density at radius 3 is 2.41 bits per heavy atom. The third kappa shape index (κ3) is 3.01. The molecule has 1 heterocycles. The number of fused-ring (bicyclic) bond motifs is 8. The first-order chi connectivity index (χ1) is 17.2. The quantitative estimate of drug-likeness (QED) is 0.402. The fourth-order valence-corrected chi connectivity index (χ4v) is 11.6. The molecule has 0 bridgehead atoms. The molecule has 0 aliphatic heterocycles. The Labute approximate surface area is 223 Å². The number of carbonyl (C=O) groups excluding carboxylic acids is 1. The molecule has 4 saturated carbocycles. The molecular formula is C32H48N2O3. The van der Waals surface area contributed by atoms with E-state index < -0.39 is 5.41 Å². The summed E-state index contributed by atoms with van der Waals surface area (Å²) in [4.78, 5) is 13.5. The van der Waals surface area contributed by atoms with Crippen molar-refractivity contribution in [1.82, 2.24) is 5.16 Å². The molecular weight excluding hydrogens is 460 g/mol. The fourth-order valence-electron chi connectivity index (χ4n) is 11.6. The van der Waals surface area contributed by atoms with Gasteiger partial charge in [0.15, 0.2) is 0 Å². The second-order valence-electron chi connectivity index (χ2n) is 15.9. The Bertz CT molecular complexity index is 1150. The molecule has 5 aliphatic rings. The first-order valence-electron chi connectivity index (χ1n) is 14.8. The van der Waals surface area contributed by atoms with Crippen LogP contribution in [0.3, 0.4) is 0 Å². The predicted octanol–water partition coefficient (Wildman–Crippen LogP) is 7.37. The van der Waals surface area contributed by atoms with Crippen molar-refractivity contribution in [3.63, 3.8) is 0 Å². The van der Waals surface area contributed by atoms with Gasteiger partial charge in [-0.3, -0.25) is 4.79 Å². The molecule has 1 aromatic heterocycles. The highest BCUT2D eigenvalue weighted by atomic mass is 16.5. The summed E-state index contributed by atoms with van der Waals surface area (Å²) in [6.07, 6.45) is 11.1. The zero-order valence-corrected chi connectivity index (χ0v) is 24.4. The molecule has 5 heteroatoms. The van der Waals surface area contributed by atoms with Crippen LogP contribution >= 0.6 is 0 Å². The lowest BCUT2D eigenvalue weighted by atomic mass is 9.31. The van der Waals surface area contributed by atoms with Gasteiger partial charge in [-0.1, -0.05) is 53.6 Å². The Balaban J connectivity index is 1.46. The van der Waals surface area contributed by atoms with Crippen molar-refractivity contribution in [2.24, 2.45) is 50.7 Å². The second-order valence-corrected chi connectivity index (χ2v) is 15.9. The number of nitrogens with one attached hydrogen (secondary N) is 1. The van der Waals surface area contributed by atoms with Crippen molar-refractivity contribution < 1.29 is 14.1 Å². The molecule has 0 saturated heterocycles. The molecule has 0 spiro atoms. The number of esters is 1. The van der Waals surface area contributed by atoms with E-state index in [9.17, 15) is 10.2 Å². The number of ether oxygens (including phenoxy) is 1. The maximum atomic E-state index is 13.5. The van der Waals surface area contributed by atoms with Crippen LogP contribution < -0.4 is 0 Å². The maximum Gasteiger partial charge on any atom is 0.312 e. The van der Waals surface area contributed by atoms with E-state index in [1.165, 1.54) is 18.4 Å². The third-order valence-corrected chi connectivity index (χ3v) is 13.6. The Kier molecular flexibility index (Phi) is 5.20. The second kappa shape index (κ2) is 7.50. The normalized spacial score (nSPS) is 47.5. The lowest BCUT2D eigenvalue weighted by Gasteiger charge is -2.72. The molecule has 0 radical (unpaired) electrons. The van der Waals surface area contributed by atoms with Gasteiger partial charge in [0, 0.05) is 22.6 Å². The largest absolute Gasteiger partial charge is 0.469 e. The molecule has 5 nitrogen and oxygen atoms in total. The first-order valence-corrected chi connectivity index (χ1v) is 14.8. The van der Waals surface area contributed by atoms with Gasteiger partial charge in [0.25, 0.3) is 0 Å². The summed E-state index contributed by atoms with van der Waals surface area (Å²) in [5.41, 5.74) is 2.14. The van der Waals surface area contributed by atoms with Crippen molar-refractivity contribution in [3.05, 3.63) is 17.5 Å². The van der Waals surface area contributed by atoms with E-state index in [2.05, 4.69) is 53.6 Å². The van der Waals surface area contributed by atoms with Gasteiger partial charge < -0.3 is 14.7 Å². The van der Waals surface area contributed by atoms with Crippen LogP contribution in [0.5, 0.6) is 0 Å². The van der Waals surface area contributed by atoms with E-state index in [1.54, 1.807) is 7.11 Å². The van der Waals surface area contributed by atoms with Crippen LogP contribution in [0.25, 0.3) is 0 Å². The first kappa shape index (κ1) is 25.6. The minimum absolute atomic E-state index is 0.00958. The zero-order valence-electron chi connectivity index (χ0n) is 24.4. The summed E-state index contributed by atoms with van der Waals surface area (Å²) in [6.45, 7) is 17.1. The highest BCUT2D eigenvalue weighted by molar-refractivity contribution is 5.88. The number of nitrogens with zero attached hydrogens (tertiary/aromatic N) is 1. The molecule has 8 atom stereocenters. The summed E-state index contributed by atoms with van der Waals surface area (Å²) < 4.78 is 11.3. The van der Waals surface area contributed by atoms with Crippen LogP contribution in [0.2, 0.25) is 0 Å². The number of hydrogen-bond donors (Lipinski definition) is 1. The van der Waals surface area contributed by atoms with Crippen LogP contribution in [0, 0.1) is 56.2 Å². The molecule has 0 unspecified atom stereocenters. The van der Waals surface area contributed by atoms with Gasteiger partial charge in [0.1, 0.15) is 5.76 Å². The summed E-state index contributed by atoms with van der Waals surface area (Å²) in [7, 11) is 1.57. The average Bonchev–Trinajstić information content (AvgIpc) is 3.28. The van der Waals surface area contributed by atoms with Crippen molar-refractivity contribution in [3.8, 4) is 0 Å². The van der Waals surface area contributed by atoms with E-state index in [-0.39, 0.29) is 44.9 Å². The van der Waals surface area contributed by atoms with Gasteiger partial charge in [0.05, 0.1) is 18.7 Å². The van der Waals surface area contributed by atoms with Gasteiger partial charge in [-0.15, -0.1) is 0 Å². The lowest BCUT2D eigenvalue weighted by Crippen LogP contribution is -2.69. The molecule has 6 rings (SSSR count). The predicted molar refractivity (Wildman–Crippen MR) is 144 cm³/mol. The van der Waals surface area contributed by atoms with Crippen LogP contribution in [-0.4, -0.2) is 23.9 Å². The van der Waals surface area contributed by atoms with E-state index in [0.717, 1.165) is 56.4 Å². The van der Waals surface area contributed by atoms with Crippen LogP contribution in [0.4, 0.5) is 0 Å². The van der Waals surface area contributed by atoms with E-state index in [0.29, 0.717) is 11.8 Å². The topological polar surface area (TPSA) is 76.2 Å². The van der Waals surface area contributed by atoms with E-state index >= 15 is 0 Å². The smallest absolute Gasteiger partial charge is 0.312 e. The SMILES string of the molecule is COC(=O)[C@]12CCC(C)(C)C[C@H]1[C@H]1C(=N)C[C@@H]3[C@@]4(C)Cc5cnoc5C(C)(C)[C@@H]4CC[C@@]3(C)[C@]1(C)CC2.